The van der Waals surface area contributed by atoms with Crippen LogP contribution in [0.4, 0.5) is 0 Å². The molecule has 16 heavy (non-hydrogen) atoms. The van der Waals surface area contributed by atoms with E-state index in [2.05, 4.69) is 60.4 Å². The van der Waals surface area contributed by atoms with E-state index in [1.54, 1.807) is 0 Å². The molecule has 0 amide bonds. The SMILES string of the molecule is CCC[C@@H](C(C)C)N(C)C(C(C)C)C(C)C. The number of hydrogen-bond acceptors (Lipinski definition) is 1. The third-order valence-corrected chi connectivity index (χ3v) is 3.71. The predicted octanol–water partition coefficient (Wildman–Crippen LogP) is 4.42. The third-order valence-electron chi connectivity index (χ3n) is 3.71. The molecule has 1 heteroatoms. The highest BCUT2D eigenvalue weighted by atomic mass is 15.2. The Balaban J connectivity index is 4.72. The van der Waals surface area contributed by atoms with Gasteiger partial charge in [-0.1, -0.05) is 54.9 Å². The molecule has 0 spiro atoms. The lowest BCUT2D eigenvalue weighted by Crippen LogP contribution is -2.48. The van der Waals surface area contributed by atoms with Crippen LogP contribution in [-0.4, -0.2) is 24.0 Å². The molecule has 0 bridgehead atoms. The summed E-state index contributed by atoms with van der Waals surface area (Å²) in [5.74, 6) is 2.23. The number of hydrogen-bond donors (Lipinski definition) is 0. The molecule has 0 rings (SSSR count). The van der Waals surface area contributed by atoms with Gasteiger partial charge in [-0.15, -0.1) is 0 Å². The van der Waals surface area contributed by atoms with Gasteiger partial charge in [-0.3, -0.25) is 4.90 Å². The van der Waals surface area contributed by atoms with Gasteiger partial charge in [-0.2, -0.15) is 0 Å². The summed E-state index contributed by atoms with van der Waals surface area (Å²) >= 11 is 0. The summed E-state index contributed by atoms with van der Waals surface area (Å²) in [6.07, 6.45) is 2.61. The highest BCUT2D eigenvalue weighted by molar-refractivity contribution is 4.82. The maximum Gasteiger partial charge on any atom is 0.0141 e. The van der Waals surface area contributed by atoms with Crippen molar-refractivity contribution in [2.45, 2.75) is 73.4 Å². The van der Waals surface area contributed by atoms with E-state index in [0.29, 0.717) is 6.04 Å². The Morgan fingerprint density at radius 3 is 1.50 bits per heavy atom. The van der Waals surface area contributed by atoms with Crippen molar-refractivity contribution in [3.8, 4) is 0 Å². The first-order valence-corrected chi connectivity index (χ1v) is 7.04. The Hall–Kier alpha value is -0.0400. The molecule has 0 N–H and O–H groups in total. The molecule has 0 unspecified atom stereocenters. The summed E-state index contributed by atoms with van der Waals surface area (Å²) in [5, 5.41) is 0. The molecule has 0 fully saturated rings. The lowest BCUT2D eigenvalue weighted by Gasteiger charge is -2.41. The summed E-state index contributed by atoms with van der Waals surface area (Å²) in [4.78, 5) is 2.64. The van der Waals surface area contributed by atoms with Crippen molar-refractivity contribution in [3.05, 3.63) is 0 Å². The van der Waals surface area contributed by atoms with Gasteiger partial charge < -0.3 is 0 Å². The molecule has 0 aromatic carbocycles. The van der Waals surface area contributed by atoms with Gasteiger partial charge in [0.2, 0.25) is 0 Å². The van der Waals surface area contributed by atoms with Crippen molar-refractivity contribution in [1.29, 1.82) is 0 Å². The minimum Gasteiger partial charge on any atom is -0.300 e. The van der Waals surface area contributed by atoms with E-state index in [1.165, 1.54) is 12.8 Å². The maximum absolute atomic E-state index is 2.64. The van der Waals surface area contributed by atoms with Crippen molar-refractivity contribution in [1.82, 2.24) is 4.90 Å². The molecule has 0 aliphatic rings. The second kappa shape index (κ2) is 7.32. The Morgan fingerprint density at radius 2 is 1.25 bits per heavy atom. The standard InChI is InChI=1S/C15H33N/c1-9-10-14(11(2)3)16(8)15(12(4)5)13(6)7/h11-15H,9-10H2,1-8H3/t14-/m0/s1. The number of nitrogens with zero attached hydrogens (tertiary/aromatic N) is 1. The van der Waals surface area contributed by atoms with E-state index >= 15 is 0 Å². The number of rotatable bonds is 7. The first-order valence-electron chi connectivity index (χ1n) is 7.04. The Labute approximate surface area is 104 Å². The molecule has 98 valence electrons. The zero-order chi connectivity index (χ0) is 12.9. The smallest absolute Gasteiger partial charge is 0.0141 e. The Bertz CT molecular complexity index is 164. The average Bonchev–Trinajstić information content (AvgIpc) is 2.11. The average molecular weight is 227 g/mol. The summed E-state index contributed by atoms with van der Waals surface area (Å²) in [5.41, 5.74) is 0. The van der Waals surface area contributed by atoms with E-state index in [0.717, 1.165) is 23.8 Å². The van der Waals surface area contributed by atoms with Gasteiger partial charge >= 0.3 is 0 Å². The Morgan fingerprint density at radius 1 is 0.812 bits per heavy atom. The second-order valence-electron chi connectivity index (χ2n) is 6.24. The molecule has 1 atom stereocenters. The highest BCUT2D eigenvalue weighted by Gasteiger charge is 2.28. The van der Waals surface area contributed by atoms with Crippen LogP contribution in [0.1, 0.15) is 61.3 Å². The largest absolute Gasteiger partial charge is 0.300 e. The van der Waals surface area contributed by atoms with Crippen LogP contribution in [0.25, 0.3) is 0 Å². The molecular formula is C15H33N. The van der Waals surface area contributed by atoms with Crippen LogP contribution in [0, 0.1) is 17.8 Å². The molecule has 1 nitrogen and oxygen atoms in total. The van der Waals surface area contributed by atoms with Crippen LogP contribution in [0.15, 0.2) is 0 Å². The molecule has 0 radical (unpaired) electrons. The fraction of sp³-hybridized carbons (Fsp3) is 1.00. The summed E-state index contributed by atoms with van der Waals surface area (Å²) < 4.78 is 0. The minimum atomic E-state index is 0.707. The fourth-order valence-electron chi connectivity index (χ4n) is 3.23. The normalized spacial score (nSPS) is 14.8. The molecule has 0 aromatic rings. The van der Waals surface area contributed by atoms with E-state index in [-0.39, 0.29) is 0 Å². The zero-order valence-electron chi connectivity index (χ0n) is 12.7. The van der Waals surface area contributed by atoms with Crippen LogP contribution >= 0.6 is 0 Å². The molecule has 0 aliphatic heterocycles. The van der Waals surface area contributed by atoms with Crippen LogP contribution < -0.4 is 0 Å². The lowest BCUT2D eigenvalue weighted by atomic mass is 9.88. The van der Waals surface area contributed by atoms with E-state index < -0.39 is 0 Å². The molecule has 0 aliphatic carbocycles. The molecule has 0 saturated carbocycles. The second-order valence-corrected chi connectivity index (χ2v) is 6.24. The lowest BCUT2D eigenvalue weighted by molar-refractivity contribution is 0.0695. The third kappa shape index (κ3) is 4.45. The van der Waals surface area contributed by atoms with E-state index in [1.807, 2.05) is 0 Å². The van der Waals surface area contributed by atoms with E-state index in [9.17, 15) is 0 Å². The van der Waals surface area contributed by atoms with Crippen LogP contribution in [-0.2, 0) is 0 Å². The fourth-order valence-corrected chi connectivity index (χ4v) is 3.23. The van der Waals surface area contributed by atoms with Crippen LogP contribution in [0.2, 0.25) is 0 Å². The van der Waals surface area contributed by atoms with Gasteiger partial charge in [0.1, 0.15) is 0 Å². The molecular weight excluding hydrogens is 194 g/mol. The van der Waals surface area contributed by atoms with Gasteiger partial charge in [-0.05, 0) is 31.2 Å². The summed E-state index contributed by atoms with van der Waals surface area (Å²) in [7, 11) is 2.32. The predicted molar refractivity (Wildman–Crippen MR) is 74.8 cm³/mol. The first-order chi connectivity index (χ1) is 7.32. The van der Waals surface area contributed by atoms with Gasteiger partial charge in [0.15, 0.2) is 0 Å². The first kappa shape index (κ1) is 16.0. The van der Waals surface area contributed by atoms with Gasteiger partial charge in [-0.25, -0.2) is 0 Å². The minimum absolute atomic E-state index is 0.707. The maximum atomic E-state index is 2.64. The van der Waals surface area contributed by atoms with Crippen LogP contribution in [0.3, 0.4) is 0 Å². The summed E-state index contributed by atoms with van der Waals surface area (Å²) in [6.45, 7) is 16.4. The van der Waals surface area contributed by atoms with Crippen molar-refractivity contribution < 1.29 is 0 Å². The summed E-state index contributed by atoms with van der Waals surface area (Å²) in [6, 6.07) is 1.44. The van der Waals surface area contributed by atoms with Crippen molar-refractivity contribution in [2.24, 2.45) is 17.8 Å². The van der Waals surface area contributed by atoms with Crippen molar-refractivity contribution in [3.63, 3.8) is 0 Å². The quantitative estimate of drug-likeness (QED) is 0.622. The van der Waals surface area contributed by atoms with Gasteiger partial charge in [0.05, 0.1) is 0 Å². The van der Waals surface area contributed by atoms with Gasteiger partial charge in [0, 0.05) is 12.1 Å². The van der Waals surface area contributed by atoms with Gasteiger partial charge in [0.25, 0.3) is 0 Å². The van der Waals surface area contributed by atoms with Crippen molar-refractivity contribution in [2.75, 3.05) is 7.05 Å². The highest BCUT2D eigenvalue weighted by Crippen LogP contribution is 2.25. The molecule has 0 saturated heterocycles. The zero-order valence-corrected chi connectivity index (χ0v) is 12.7. The topological polar surface area (TPSA) is 3.24 Å². The van der Waals surface area contributed by atoms with Crippen molar-refractivity contribution >= 4 is 0 Å². The monoisotopic (exact) mass is 227 g/mol. The van der Waals surface area contributed by atoms with Crippen LogP contribution in [0.5, 0.6) is 0 Å². The Kier molecular flexibility index (Phi) is 7.30. The molecule has 0 heterocycles. The molecule has 0 aromatic heterocycles. The van der Waals surface area contributed by atoms with E-state index in [4.69, 9.17) is 0 Å².